The lowest BCUT2D eigenvalue weighted by atomic mass is 9.94. The van der Waals surface area contributed by atoms with Crippen molar-refractivity contribution in [3.63, 3.8) is 0 Å². The van der Waals surface area contributed by atoms with Crippen LogP contribution in [0.1, 0.15) is 54.2 Å². The van der Waals surface area contributed by atoms with Crippen molar-refractivity contribution in [1.29, 1.82) is 0 Å². The fourth-order valence-corrected chi connectivity index (χ4v) is 4.48. The molecule has 34 heavy (non-hydrogen) atoms. The van der Waals surface area contributed by atoms with Gasteiger partial charge in [0.2, 0.25) is 5.91 Å². The molecule has 7 heteroatoms. The summed E-state index contributed by atoms with van der Waals surface area (Å²) in [6.45, 7) is 0. The number of methoxy groups -OCH3 is 1. The lowest BCUT2D eigenvalue weighted by Crippen LogP contribution is -2.47. The second-order valence-electron chi connectivity index (χ2n) is 8.39. The van der Waals surface area contributed by atoms with E-state index in [1.807, 2.05) is 18.2 Å². The van der Waals surface area contributed by atoms with Crippen molar-refractivity contribution in [2.24, 2.45) is 0 Å². The third kappa shape index (κ3) is 5.57. The molecule has 1 saturated carbocycles. The van der Waals surface area contributed by atoms with Crippen LogP contribution in [0.4, 0.5) is 5.69 Å². The summed E-state index contributed by atoms with van der Waals surface area (Å²) in [5, 5.41) is 3.74. The van der Waals surface area contributed by atoms with Crippen molar-refractivity contribution in [2.45, 2.75) is 44.2 Å². The van der Waals surface area contributed by atoms with Gasteiger partial charge in [-0.05, 0) is 66.9 Å². The van der Waals surface area contributed by atoms with Gasteiger partial charge in [-0.1, -0.05) is 49.1 Å². The zero-order valence-corrected chi connectivity index (χ0v) is 19.9. The van der Waals surface area contributed by atoms with Gasteiger partial charge in [0.15, 0.2) is 0 Å². The molecule has 2 amide bonds. The van der Waals surface area contributed by atoms with E-state index in [9.17, 15) is 9.59 Å². The second kappa shape index (κ2) is 11.2. The number of nitrogens with zero attached hydrogens (tertiary/aromatic N) is 2. The third-order valence-electron chi connectivity index (χ3n) is 6.08. The smallest absolute Gasteiger partial charge is 0.277 e. The number of anilines is 1. The number of pyridine rings is 1. The number of benzene rings is 2. The topological polar surface area (TPSA) is 71.5 Å². The molecule has 176 valence electrons. The summed E-state index contributed by atoms with van der Waals surface area (Å²) < 4.78 is 5.42. The highest BCUT2D eigenvalue weighted by Gasteiger charge is 2.35. The van der Waals surface area contributed by atoms with Crippen molar-refractivity contribution in [1.82, 2.24) is 10.3 Å². The molecular weight excluding hydrogens is 450 g/mol. The molecule has 1 N–H and O–H groups in total. The molecule has 1 aliphatic rings. The van der Waals surface area contributed by atoms with Crippen LogP contribution in [-0.2, 0) is 4.79 Å². The number of nitrogens with one attached hydrogen (secondary N) is 1. The lowest BCUT2D eigenvalue weighted by molar-refractivity contribution is -0.123. The van der Waals surface area contributed by atoms with Gasteiger partial charge >= 0.3 is 0 Å². The first-order valence-electron chi connectivity index (χ1n) is 11.5. The summed E-state index contributed by atoms with van der Waals surface area (Å²) in [6.07, 6.45) is 6.79. The van der Waals surface area contributed by atoms with E-state index in [0.717, 1.165) is 25.7 Å². The van der Waals surface area contributed by atoms with Gasteiger partial charge in [-0.3, -0.25) is 19.5 Å². The number of hydrogen-bond acceptors (Lipinski definition) is 4. The van der Waals surface area contributed by atoms with Crippen LogP contribution in [0.25, 0.3) is 0 Å². The van der Waals surface area contributed by atoms with Crippen molar-refractivity contribution in [3.8, 4) is 5.75 Å². The highest BCUT2D eigenvalue weighted by atomic mass is 35.5. The van der Waals surface area contributed by atoms with Gasteiger partial charge in [0.1, 0.15) is 17.5 Å². The van der Waals surface area contributed by atoms with E-state index in [-0.39, 0.29) is 23.6 Å². The maximum absolute atomic E-state index is 13.8. The third-order valence-corrected chi connectivity index (χ3v) is 6.33. The number of halogens is 1. The summed E-state index contributed by atoms with van der Waals surface area (Å²) >= 11 is 6.13. The van der Waals surface area contributed by atoms with E-state index in [4.69, 9.17) is 16.3 Å². The van der Waals surface area contributed by atoms with E-state index in [2.05, 4.69) is 10.3 Å². The highest BCUT2D eigenvalue weighted by Crippen LogP contribution is 2.32. The minimum atomic E-state index is -0.923. The minimum absolute atomic E-state index is 0.0892. The zero-order chi connectivity index (χ0) is 23.9. The Morgan fingerprint density at radius 2 is 1.79 bits per heavy atom. The number of rotatable bonds is 7. The minimum Gasteiger partial charge on any atom is -0.497 e. The average molecular weight is 478 g/mol. The van der Waals surface area contributed by atoms with Gasteiger partial charge in [0.05, 0.1) is 7.11 Å². The van der Waals surface area contributed by atoms with Crippen molar-refractivity contribution in [3.05, 3.63) is 89.2 Å². The number of carbonyl (C=O) groups is 2. The molecule has 1 atom stereocenters. The van der Waals surface area contributed by atoms with Crippen LogP contribution in [0.3, 0.4) is 0 Å². The van der Waals surface area contributed by atoms with E-state index in [0.29, 0.717) is 22.0 Å². The summed E-state index contributed by atoms with van der Waals surface area (Å²) in [7, 11) is 1.58. The molecule has 6 nitrogen and oxygen atoms in total. The van der Waals surface area contributed by atoms with Gasteiger partial charge in [0, 0.05) is 22.9 Å². The Balaban J connectivity index is 1.81. The van der Waals surface area contributed by atoms with Crippen molar-refractivity contribution < 1.29 is 14.3 Å². The number of carbonyl (C=O) groups excluding carboxylic acids is 2. The van der Waals surface area contributed by atoms with Crippen LogP contribution in [0.5, 0.6) is 5.75 Å². The summed E-state index contributed by atoms with van der Waals surface area (Å²) in [4.78, 5) is 33.4. The number of ether oxygens (including phenoxy) is 1. The molecule has 1 fully saturated rings. The summed E-state index contributed by atoms with van der Waals surface area (Å²) in [5.41, 5.74) is 1.44. The summed E-state index contributed by atoms with van der Waals surface area (Å²) in [5.74, 6) is -0.0109. The Hall–Kier alpha value is -3.38. The molecule has 2 aromatic carbocycles. The molecule has 4 rings (SSSR count). The van der Waals surface area contributed by atoms with Crippen molar-refractivity contribution >= 4 is 29.1 Å². The Labute approximate surface area is 204 Å². The van der Waals surface area contributed by atoms with Crippen LogP contribution >= 0.6 is 11.6 Å². The number of hydrogen-bond donors (Lipinski definition) is 1. The largest absolute Gasteiger partial charge is 0.497 e. The fraction of sp³-hybridized carbons (Fsp3) is 0.296. The maximum atomic E-state index is 13.8. The van der Waals surface area contributed by atoms with E-state index in [1.54, 1.807) is 61.8 Å². The van der Waals surface area contributed by atoms with Gasteiger partial charge in [-0.2, -0.15) is 0 Å². The first kappa shape index (κ1) is 23.8. The molecule has 1 aromatic heterocycles. The molecule has 3 aromatic rings. The molecular formula is C27H28ClN3O3. The first-order chi connectivity index (χ1) is 16.6. The quantitative estimate of drug-likeness (QED) is 0.482. The lowest BCUT2D eigenvalue weighted by Gasteiger charge is -2.33. The molecule has 1 heterocycles. The van der Waals surface area contributed by atoms with Crippen LogP contribution in [0.15, 0.2) is 72.9 Å². The molecule has 0 spiro atoms. The highest BCUT2D eigenvalue weighted by molar-refractivity contribution is 6.30. The molecule has 1 aliphatic carbocycles. The number of amides is 2. The van der Waals surface area contributed by atoms with Gasteiger partial charge in [-0.25, -0.2) is 0 Å². The van der Waals surface area contributed by atoms with E-state index < -0.39 is 6.04 Å². The van der Waals surface area contributed by atoms with E-state index >= 15 is 0 Å². The Kier molecular flexibility index (Phi) is 7.80. The van der Waals surface area contributed by atoms with Crippen LogP contribution in [0, 0.1) is 0 Å². The van der Waals surface area contributed by atoms with Gasteiger partial charge in [-0.15, -0.1) is 0 Å². The molecule has 0 radical (unpaired) electrons. The Morgan fingerprint density at radius 3 is 2.47 bits per heavy atom. The predicted molar refractivity (Wildman–Crippen MR) is 133 cm³/mol. The Morgan fingerprint density at radius 1 is 1.03 bits per heavy atom. The van der Waals surface area contributed by atoms with E-state index in [1.165, 1.54) is 11.3 Å². The molecule has 1 unspecified atom stereocenters. The zero-order valence-electron chi connectivity index (χ0n) is 19.1. The SMILES string of the molecule is COc1cccc(C(C(=O)NC2CCCCC2)N(C(=O)c2ccccn2)c2ccc(Cl)cc2)c1. The predicted octanol–water partition coefficient (Wildman–Crippen LogP) is 5.58. The van der Waals surface area contributed by atoms with Gasteiger partial charge < -0.3 is 10.1 Å². The standard InChI is InChI=1S/C27H28ClN3O3/c1-34-23-11-7-8-19(18-23)25(26(32)30-21-9-3-2-4-10-21)31(22-15-13-20(28)14-16-22)27(33)24-12-5-6-17-29-24/h5-8,11-18,21,25H,2-4,9-10H2,1H3,(H,30,32). The Bertz CT molecular complexity index is 1120. The first-order valence-corrected chi connectivity index (χ1v) is 11.9. The van der Waals surface area contributed by atoms with Crippen LogP contribution in [0.2, 0.25) is 5.02 Å². The van der Waals surface area contributed by atoms with Crippen molar-refractivity contribution in [2.75, 3.05) is 12.0 Å². The molecule has 0 saturated heterocycles. The van der Waals surface area contributed by atoms with Gasteiger partial charge in [0.25, 0.3) is 5.91 Å². The normalized spacial score (nSPS) is 14.8. The summed E-state index contributed by atoms with van der Waals surface area (Å²) in [6, 6.07) is 18.5. The fourth-order valence-electron chi connectivity index (χ4n) is 4.35. The average Bonchev–Trinajstić information content (AvgIpc) is 2.88. The van der Waals surface area contributed by atoms with Crippen LogP contribution in [-0.4, -0.2) is 29.9 Å². The second-order valence-corrected chi connectivity index (χ2v) is 8.83. The van der Waals surface area contributed by atoms with Crippen LogP contribution < -0.4 is 15.0 Å². The number of aromatic nitrogens is 1. The molecule has 0 aliphatic heterocycles. The molecule has 0 bridgehead atoms. The maximum Gasteiger partial charge on any atom is 0.277 e. The monoisotopic (exact) mass is 477 g/mol.